The van der Waals surface area contributed by atoms with Crippen molar-refractivity contribution in [1.29, 1.82) is 0 Å². The third-order valence-corrected chi connectivity index (χ3v) is 4.45. The molecule has 0 aliphatic rings. The standard InChI is InChI=1S/C16H17N5S/c1-16(2,3)13-9-21-15(19-13)22-14(20-21)18-11-4-5-12-10(8-11)6-7-17-12/h4-9,17H,1-3H3,(H,18,20). The third-order valence-electron chi connectivity index (χ3n) is 3.62. The fraction of sp³-hybridized carbons (Fsp3) is 0.250. The van der Waals surface area contributed by atoms with Crippen LogP contribution in [0, 0.1) is 0 Å². The Labute approximate surface area is 132 Å². The summed E-state index contributed by atoms with van der Waals surface area (Å²) in [5.41, 5.74) is 3.27. The van der Waals surface area contributed by atoms with Gasteiger partial charge >= 0.3 is 0 Å². The van der Waals surface area contributed by atoms with Crippen molar-refractivity contribution in [3.63, 3.8) is 0 Å². The summed E-state index contributed by atoms with van der Waals surface area (Å²) in [6.45, 7) is 6.47. The number of aromatic nitrogens is 4. The Morgan fingerprint density at radius 2 is 2.09 bits per heavy atom. The van der Waals surface area contributed by atoms with E-state index in [2.05, 4.69) is 59.4 Å². The first-order valence-electron chi connectivity index (χ1n) is 7.20. The lowest BCUT2D eigenvalue weighted by Gasteiger charge is -2.13. The number of benzene rings is 1. The van der Waals surface area contributed by atoms with Crippen molar-refractivity contribution in [3.05, 3.63) is 42.4 Å². The molecule has 112 valence electrons. The second kappa shape index (κ2) is 4.58. The molecule has 0 saturated heterocycles. The number of H-pyrrole nitrogens is 1. The highest BCUT2D eigenvalue weighted by molar-refractivity contribution is 7.20. The van der Waals surface area contributed by atoms with Crippen LogP contribution in [0.25, 0.3) is 15.9 Å². The van der Waals surface area contributed by atoms with Crippen LogP contribution in [0.3, 0.4) is 0 Å². The van der Waals surface area contributed by atoms with Crippen LogP contribution in [0.4, 0.5) is 10.8 Å². The fourth-order valence-corrected chi connectivity index (χ4v) is 3.17. The zero-order valence-electron chi connectivity index (χ0n) is 12.7. The van der Waals surface area contributed by atoms with Crippen LogP contribution in [-0.4, -0.2) is 19.6 Å². The van der Waals surface area contributed by atoms with Crippen molar-refractivity contribution in [1.82, 2.24) is 19.6 Å². The summed E-state index contributed by atoms with van der Waals surface area (Å²) in [5.74, 6) is 0. The molecule has 0 aliphatic heterocycles. The molecule has 0 bridgehead atoms. The average molecular weight is 311 g/mol. The molecule has 2 N–H and O–H groups in total. The van der Waals surface area contributed by atoms with E-state index in [9.17, 15) is 0 Å². The molecule has 4 rings (SSSR count). The normalized spacial score (nSPS) is 12.3. The first-order valence-corrected chi connectivity index (χ1v) is 8.01. The van der Waals surface area contributed by atoms with Crippen LogP contribution in [0.5, 0.6) is 0 Å². The Bertz CT molecular complexity index is 922. The van der Waals surface area contributed by atoms with Gasteiger partial charge in [-0.05, 0) is 24.3 Å². The molecule has 0 spiro atoms. The summed E-state index contributed by atoms with van der Waals surface area (Å²) in [4.78, 5) is 8.77. The summed E-state index contributed by atoms with van der Waals surface area (Å²) in [5, 5.41) is 9.94. The quantitative estimate of drug-likeness (QED) is 0.580. The van der Waals surface area contributed by atoms with Gasteiger partial charge in [0.25, 0.3) is 0 Å². The number of imidazole rings is 1. The van der Waals surface area contributed by atoms with Crippen molar-refractivity contribution >= 4 is 38.0 Å². The van der Waals surface area contributed by atoms with Gasteiger partial charge in [0.2, 0.25) is 10.1 Å². The monoisotopic (exact) mass is 311 g/mol. The number of nitrogens with zero attached hydrogens (tertiary/aromatic N) is 3. The van der Waals surface area contributed by atoms with E-state index in [1.165, 1.54) is 5.39 Å². The third kappa shape index (κ3) is 2.25. The summed E-state index contributed by atoms with van der Waals surface area (Å²) >= 11 is 1.56. The molecular weight excluding hydrogens is 294 g/mol. The van der Waals surface area contributed by atoms with Crippen LogP contribution in [0.15, 0.2) is 36.7 Å². The molecule has 3 aromatic heterocycles. The molecule has 1 aromatic carbocycles. The Balaban J connectivity index is 1.65. The first-order chi connectivity index (χ1) is 10.5. The summed E-state index contributed by atoms with van der Waals surface area (Å²) in [6, 6.07) is 8.28. The summed E-state index contributed by atoms with van der Waals surface area (Å²) < 4.78 is 1.85. The average Bonchev–Trinajstić information content (AvgIpc) is 3.10. The molecule has 0 radical (unpaired) electrons. The Hall–Kier alpha value is -2.34. The molecule has 4 aromatic rings. The first kappa shape index (κ1) is 13.3. The minimum Gasteiger partial charge on any atom is -0.361 e. The van der Waals surface area contributed by atoms with Crippen LogP contribution in [-0.2, 0) is 5.41 Å². The zero-order valence-corrected chi connectivity index (χ0v) is 13.5. The molecule has 3 heterocycles. The number of rotatable bonds is 2. The lowest BCUT2D eigenvalue weighted by molar-refractivity contribution is 0.572. The van der Waals surface area contributed by atoms with Crippen molar-refractivity contribution in [2.45, 2.75) is 26.2 Å². The van der Waals surface area contributed by atoms with Gasteiger partial charge in [-0.25, -0.2) is 9.50 Å². The maximum atomic E-state index is 4.66. The fourth-order valence-electron chi connectivity index (χ4n) is 2.37. The van der Waals surface area contributed by atoms with Gasteiger partial charge in [0.1, 0.15) is 0 Å². The number of aromatic amines is 1. The van der Waals surface area contributed by atoms with Crippen LogP contribution in [0.2, 0.25) is 0 Å². The summed E-state index contributed by atoms with van der Waals surface area (Å²) in [7, 11) is 0. The SMILES string of the molecule is CC(C)(C)c1cn2nc(Nc3ccc4[nH]ccc4c3)sc2n1. The molecule has 0 aliphatic carbocycles. The van der Waals surface area contributed by atoms with Gasteiger partial charge in [0.05, 0.1) is 11.9 Å². The van der Waals surface area contributed by atoms with E-state index >= 15 is 0 Å². The van der Waals surface area contributed by atoms with Crippen molar-refractivity contribution in [3.8, 4) is 0 Å². The Morgan fingerprint density at radius 1 is 1.23 bits per heavy atom. The highest BCUT2D eigenvalue weighted by atomic mass is 32.1. The minimum atomic E-state index is 0.0420. The van der Waals surface area contributed by atoms with E-state index in [1.807, 2.05) is 23.0 Å². The molecule has 0 amide bonds. The highest BCUT2D eigenvalue weighted by Crippen LogP contribution is 2.28. The topological polar surface area (TPSA) is 58.0 Å². The van der Waals surface area contributed by atoms with E-state index in [4.69, 9.17) is 0 Å². The van der Waals surface area contributed by atoms with Gasteiger partial charge in [-0.1, -0.05) is 32.1 Å². The second-order valence-corrected chi connectivity index (χ2v) is 7.37. The Kier molecular flexibility index (Phi) is 2.77. The zero-order chi connectivity index (χ0) is 15.3. The van der Waals surface area contributed by atoms with Crippen LogP contribution >= 0.6 is 11.3 Å². The predicted molar refractivity (Wildman–Crippen MR) is 91.1 cm³/mol. The minimum absolute atomic E-state index is 0.0420. The lowest BCUT2D eigenvalue weighted by atomic mass is 9.93. The van der Waals surface area contributed by atoms with Gasteiger partial charge in [-0.15, -0.1) is 5.10 Å². The smallest absolute Gasteiger partial charge is 0.214 e. The van der Waals surface area contributed by atoms with Gasteiger partial charge in [0, 0.05) is 28.2 Å². The van der Waals surface area contributed by atoms with Crippen molar-refractivity contribution in [2.75, 3.05) is 5.32 Å². The van der Waals surface area contributed by atoms with Crippen molar-refractivity contribution in [2.24, 2.45) is 0 Å². The number of anilines is 2. The number of hydrogen-bond donors (Lipinski definition) is 2. The molecule has 22 heavy (non-hydrogen) atoms. The van der Waals surface area contributed by atoms with E-state index in [-0.39, 0.29) is 5.41 Å². The molecule has 0 atom stereocenters. The van der Waals surface area contributed by atoms with Crippen LogP contribution in [0.1, 0.15) is 26.5 Å². The van der Waals surface area contributed by atoms with Crippen molar-refractivity contribution < 1.29 is 0 Å². The molecular formula is C16H17N5S. The second-order valence-electron chi connectivity index (χ2n) is 6.42. The largest absolute Gasteiger partial charge is 0.361 e. The van der Waals surface area contributed by atoms with Gasteiger partial charge in [-0.2, -0.15) is 0 Å². The maximum Gasteiger partial charge on any atom is 0.214 e. The van der Waals surface area contributed by atoms with Gasteiger partial charge in [0.15, 0.2) is 0 Å². The van der Waals surface area contributed by atoms with E-state index < -0.39 is 0 Å². The molecule has 0 fully saturated rings. The van der Waals surface area contributed by atoms with E-state index in [0.717, 1.165) is 27.0 Å². The van der Waals surface area contributed by atoms with E-state index in [0.29, 0.717) is 0 Å². The lowest BCUT2D eigenvalue weighted by Crippen LogP contribution is -2.11. The molecule has 6 heteroatoms. The maximum absolute atomic E-state index is 4.66. The number of hydrogen-bond acceptors (Lipinski definition) is 4. The van der Waals surface area contributed by atoms with Crippen LogP contribution < -0.4 is 5.32 Å². The molecule has 0 unspecified atom stereocenters. The van der Waals surface area contributed by atoms with E-state index in [1.54, 1.807) is 11.3 Å². The Morgan fingerprint density at radius 3 is 2.86 bits per heavy atom. The summed E-state index contributed by atoms with van der Waals surface area (Å²) in [6.07, 6.45) is 3.95. The highest BCUT2D eigenvalue weighted by Gasteiger charge is 2.19. The van der Waals surface area contributed by atoms with Gasteiger partial charge < -0.3 is 10.3 Å². The molecule has 5 nitrogen and oxygen atoms in total. The molecule has 0 saturated carbocycles. The van der Waals surface area contributed by atoms with Gasteiger partial charge in [-0.3, -0.25) is 0 Å². The predicted octanol–water partition coefficient (Wildman–Crippen LogP) is 4.31. The number of nitrogens with one attached hydrogen (secondary N) is 2. The number of fused-ring (bicyclic) bond motifs is 2.